The maximum atomic E-state index is 11.3. The van der Waals surface area contributed by atoms with Crippen molar-refractivity contribution in [2.45, 2.75) is 38.3 Å². The van der Waals surface area contributed by atoms with Gasteiger partial charge in [0.2, 0.25) is 0 Å². The summed E-state index contributed by atoms with van der Waals surface area (Å²) in [5, 5.41) is 0. The number of likely N-dealkylation sites (N-methyl/N-ethyl adjacent to an activating group) is 1. The van der Waals surface area contributed by atoms with Crippen LogP contribution in [-0.2, 0) is 9.53 Å². The highest BCUT2D eigenvalue weighted by Crippen LogP contribution is 2.28. The third-order valence-corrected chi connectivity index (χ3v) is 4.40. The molecule has 4 heteroatoms. The van der Waals surface area contributed by atoms with Crippen molar-refractivity contribution in [3.63, 3.8) is 0 Å². The fraction of sp³-hybridized carbons (Fsp3) is 0.786. The third-order valence-electron chi connectivity index (χ3n) is 4.40. The lowest BCUT2D eigenvalue weighted by Crippen LogP contribution is -2.36. The first-order valence-electron chi connectivity index (χ1n) is 6.81. The summed E-state index contributed by atoms with van der Waals surface area (Å²) in [4.78, 5) is 16.3. The largest absolute Gasteiger partial charge is 0.466 e. The maximum absolute atomic E-state index is 11.3. The lowest BCUT2D eigenvalue weighted by Gasteiger charge is -2.24. The van der Waals surface area contributed by atoms with Gasteiger partial charge in [-0.2, -0.15) is 0 Å². The predicted octanol–water partition coefficient (Wildman–Crippen LogP) is 1.27. The molecule has 2 saturated heterocycles. The Hall–Kier alpha value is -0.870. The molecule has 4 nitrogen and oxygen atoms in total. The van der Waals surface area contributed by atoms with Crippen LogP contribution in [0.2, 0.25) is 0 Å². The maximum Gasteiger partial charge on any atom is 0.333 e. The molecule has 0 aliphatic carbocycles. The molecule has 18 heavy (non-hydrogen) atoms. The van der Waals surface area contributed by atoms with Gasteiger partial charge in [-0.05, 0) is 33.2 Å². The van der Waals surface area contributed by atoms with Gasteiger partial charge in [-0.3, -0.25) is 9.80 Å². The molecule has 0 amide bonds. The van der Waals surface area contributed by atoms with E-state index in [1.54, 1.807) is 0 Å². The monoisotopic (exact) mass is 252 g/mol. The molecule has 2 aliphatic rings. The van der Waals surface area contributed by atoms with E-state index in [-0.39, 0.29) is 5.97 Å². The number of carbonyl (C=O) groups is 1. The Morgan fingerprint density at radius 2 is 2.06 bits per heavy atom. The second kappa shape index (κ2) is 5.85. The van der Waals surface area contributed by atoms with Crippen LogP contribution in [0.1, 0.15) is 26.2 Å². The minimum absolute atomic E-state index is 0.219. The Bertz CT molecular complexity index is 341. The van der Waals surface area contributed by atoms with E-state index in [0.29, 0.717) is 11.6 Å². The van der Waals surface area contributed by atoms with Gasteiger partial charge in [-0.15, -0.1) is 0 Å². The van der Waals surface area contributed by atoms with Crippen LogP contribution in [0.3, 0.4) is 0 Å². The molecule has 2 rings (SSSR count). The van der Waals surface area contributed by atoms with Gasteiger partial charge in [0, 0.05) is 37.3 Å². The number of hydrogen-bond donors (Lipinski definition) is 0. The van der Waals surface area contributed by atoms with Gasteiger partial charge in [0.25, 0.3) is 0 Å². The minimum atomic E-state index is -0.219. The van der Waals surface area contributed by atoms with Gasteiger partial charge in [0.1, 0.15) is 0 Å². The number of carbonyl (C=O) groups excluding carboxylic acids is 1. The van der Waals surface area contributed by atoms with Crippen molar-refractivity contribution in [3.8, 4) is 0 Å². The topological polar surface area (TPSA) is 32.8 Å². The van der Waals surface area contributed by atoms with Gasteiger partial charge in [0.05, 0.1) is 7.11 Å². The highest BCUT2D eigenvalue weighted by atomic mass is 16.5. The summed E-state index contributed by atoms with van der Waals surface area (Å²) in [7, 11) is 3.68. The first kappa shape index (κ1) is 13.6. The Morgan fingerprint density at radius 1 is 1.33 bits per heavy atom. The number of methoxy groups -OCH3 is 1. The molecule has 2 fully saturated rings. The molecule has 0 aromatic heterocycles. The van der Waals surface area contributed by atoms with Gasteiger partial charge >= 0.3 is 5.97 Å². The number of likely N-dealkylation sites (tertiary alicyclic amines) is 1. The normalized spacial score (nSPS) is 30.3. The first-order chi connectivity index (χ1) is 8.61. The van der Waals surface area contributed by atoms with Crippen LogP contribution < -0.4 is 0 Å². The second-order valence-corrected chi connectivity index (χ2v) is 5.48. The molecular weight excluding hydrogens is 228 g/mol. The van der Waals surface area contributed by atoms with Crippen molar-refractivity contribution >= 4 is 5.97 Å². The molecule has 2 aliphatic heterocycles. The Kier molecular flexibility index (Phi) is 4.40. The highest BCUT2D eigenvalue weighted by molar-refractivity contribution is 5.87. The van der Waals surface area contributed by atoms with E-state index in [2.05, 4.69) is 16.8 Å². The van der Waals surface area contributed by atoms with Crippen LogP contribution in [0.25, 0.3) is 0 Å². The SMILES string of the molecule is COC(=O)C(C)=CCN1CCC2CCC(C1)N2C. The van der Waals surface area contributed by atoms with E-state index in [1.807, 2.05) is 13.0 Å². The number of nitrogens with zero attached hydrogens (tertiary/aromatic N) is 2. The molecule has 2 bridgehead atoms. The Balaban J connectivity index is 1.89. The zero-order chi connectivity index (χ0) is 13.1. The summed E-state index contributed by atoms with van der Waals surface area (Å²) < 4.78 is 4.71. The van der Waals surface area contributed by atoms with Crippen LogP contribution >= 0.6 is 0 Å². The average molecular weight is 252 g/mol. The molecule has 102 valence electrons. The van der Waals surface area contributed by atoms with Gasteiger partial charge < -0.3 is 4.74 Å². The molecule has 0 spiro atoms. The van der Waals surface area contributed by atoms with E-state index in [1.165, 1.54) is 26.4 Å². The highest BCUT2D eigenvalue weighted by Gasteiger charge is 2.34. The summed E-state index contributed by atoms with van der Waals surface area (Å²) in [6.45, 7) is 4.94. The van der Waals surface area contributed by atoms with Crippen molar-refractivity contribution in [1.82, 2.24) is 9.80 Å². The second-order valence-electron chi connectivity index (χ2n) is 5.48. The van der Waals surface area contributed by atoms with Gasteiger partial charge in [-0.25, -0.2) is 4.79 Å². The molecule has 0 N–H and O–H groups in total. The minimum Gasteiger partial charge on any atom is -0.466 e. The number of fused-ring (bicyclic) bond motifs is 2. The Labute approximate surface area is 110 Å². The van der Waals surface area contributed by atoms with Crippen molar-refractivity contribution < 1.29 is 9.53 Å². The fourth-order valence-corrected chi connectivity index (χ4v) is 3.06. The number of rotatable bonds is 3. The summed E-state index contributed by atoms with van der Waals surface area (Å²) in [5.41, 5.74) is 0.709. The smallest absolute Gasteiger partial charge is 0.333 e. The summed E-state index contributed by atoms with van der Waals surface area (Å²) in [6, 6.07) is 1.47. The van der Waals surface area contributed by atoms with Crippen LogP contribution in [-0.4, -0.2) is 61.6 Å². The lowest BCUT2D eigenvalue weighted by atomic mass is 10.1. The zero-order valence-electron chi connectivity index (χ0n) is 11.7. The summed E-state index contributed by atoms with van der Waals surface area (Å²) in [5.74, 6) is -0.219. The summed E-state index contributed by atoms with van der Waals surface area (Å²) >= 11 is 0. The average Bonchev–Trinajstić information content (AvgIpc) is 2.61. The van der Waals surface area contributed by atoms with Crippen molar-refractivity contribution in [1.29, 1.82) is 0 Å². The Morgan fingerprint density at radius 3 is 2.78 bits per heavy atom. The summed E-state index contributed by atoms with van der Waals surface area (Å²) in [6.07, 6.45) is 5.91. The molecular formula is C14H24N2O2. The first-order valence-corrected chi connectivity index (χ1v) is 6.81. The van der Waals surface area contributed by atoms with Crippen LogP contribution in [0.5, 0.6) is 0 Å². The zero-order valence-corrected chi connectivity index (χ0v) is 11.7. The van der Waals surface area contributed by atoms with E-state index in [0.717, 1.165) is 25.7 Å². The molecule has 0 saturated carbocycles. The van der Waals surface area contributed by atoms with E-state index in [4.69, 9.17) is 4.74 Å². The lowest BCUT2D eigenvalue weighted by molar-refractivity contribution is -0.136. The molecule has 0 aromatic carbocycles. The van der Waals surface area contributed by atoms with Crippen molar-refractivity contribution in [3.05, 3.63) is 11.6 Å². The fourth-order valence-electron chi connectivity index (χ4n) is 3.06. The molecule has 0 aromatic rings. The van der Waals surface area contributed by atoms with Gasteiger partial charge in [0.15, 0.2) is 0 Å². The van der Waals surface area contributed by atoms with Crippen LogP contribution in [0, 0.1) is 0 Å². The standard InChI is InChI=1S/C14H24N2O2/c1-11(14(17)18-3)6-8-16-9-7-12-4-5-13(10-16)15(12)2/h6,12-13H,4-5,7-10H2,1-3H3. The predicted molar refractivity (Wildman–Crippen MR) is 71.4 cm³/mol. The number of esters is 1. The molecule has 0 radical (unpaired) electrons. The molecule has 2 heterocycles. The molecule has 2 unspecified atom stereocenters. The van der Waals surface area contributed by atoms with Crippen molar-refractivity contribution in [2.24, 2.45) is 0 Å². The van der Waals surface area contributed by atoms with E-state index in [9.17, 15) is 4.79 Å². The van der Waals surface area contributed by atoms with Gasteiger partial charge in [-0.1, -0.05) is 6.08 Å². The van der Waals surface area contributed by atoms with Crippen molar-refractivity contribution in [2.75, 3.05) is 33.8 Å². The third kappa shape index (κ3) is 2.93. The van der Waals surface area contributed by atoms with E-state index < -0.39 is 0 Å². The van der Waals surface area contributed by atoms with E-state index >= 15 is 0 Å². The van der Waals surface area contributed by atoms with Crippen LogP contribution in [0.4, 0.5) is 0 Å². The number of hydrogen-bond acceptors (Lipinski definition) is 4. The number of ether oxygens (including phenoxy) is 1. The van der Waals surface area contributed by atoms with Crippen LogP contribution in [0.15, 0.2) is 11.6 Å². The molecule has 2 atom stereocenters. The quantitative estimate of drug-likeness (QED) is 0.559.